The third-order valence-electron chi connectivity index (χ3n) is 4.91. The van der Waals surface area contributed by atoms with Gasteiger partial charge in [-0.15, -0.1) is 0 Å². The lowest BCUT2D eigenvalue weighted by molar-refractivity contribution is 0.106. The van der Waals surface area contributed by atoms with Crippen LogP contribution < -0.4 is 5.32 Å². The molecule has 0 aliphatic carbocycles. The molecular formula is C17H37N3. The van der Waals surface area contributed by atoms with Gasteiger partial charge in [-0.25, -0.2) is 0 Å². The quantitative estimate of drug-likeness (QED) is 0.657. The van der Waals surface area contributed by atoms with E-state index in [1.54, 1.807) is 0 Å². The molecule has 0 amide bonds. The van der Waals surface area contributed by atoms with E-state index in [9.17, 15) is 0 Å². The molecule has 0 aromatic heterocycles. The fourth-order valence-electron chi connectivity index (χ4n) is 3.13. The molecule has 120 valence electrons. The van der Waals surface area contributed by atoms with Crippen LogP contribution in [-0.4, -0.2) is 61.2 Å². The van der Waals surface area contributed by atoms with Gasteiger partial charge in [0, 0.05) is 31.7 Å². The predicted octanol–water partition coefficient (Wildman–Crippen LogP) is 2.82. The van der Waals surface area contributed by atoms with Gasteiger partial charge in [-0.2, -0.15) is 0 Å². The van der Waals surface area contributed by atoms with E-state index in [0.29, 0.717) is 0 Å². The van der Waals surface area contributed by atoms with Gasteiger partial charge in [0.15, 0.2) is 0 Å². The van der Waals surface area contributed by atoms with Gasteiger partial charge in [-0.3, -0.25) is 4.90 Å². The molecule has 1 rings (SSSR count). The van der Waals surface area contributed by atoms with E-state index in [1.165, 1.54) is 45.4 Å². The molecule has 1 aliphatic rings. The highest BCUT2D eigenvalue weighted by Gasteiger charge is 2.23. The third-order valence-corrected chi connectivity index (χ3v) is 4.91. The van der Waals surface area contributed by atoms with E-state index in [1.807, 2.05) is 0 Å². The number of likely N-dealkylation sites (N-methyl/N-ethyl adjacent to an activating group) is 1. The Morgan fingerprint density at radius 1 is 1.15 bits per heavy atom. The molecule has 0 aromatic carbocycles. The first-order valence-corrected chi connectivity index (χ1v) is 8.77. The lowest BCUT2D eigenvalue weighted by Crippen LogP contribution is -2.45. The molecule has 1 unspecified atom stereocenters. The number of hydrogen-bond donors (Lipinski definition) is 1. The zero-order valence-electron chi connectivity index (χ0n) is 14.5. The summed E-state index contributed by atoms with van der Waals surface area (Å²) < 4.78 is 0. The molecule has 3 heteroatoms. The van der Waals surface area contributed by atoms with E-state index >= 15 is 0 Å². The minimum atomic E-state index is 0.718. The molecule has 1 fully saturated rings. The molecule has 0 saturated carbocycles. The summed E-state index contributed by atoms with van der Waals surface area (Å²) >= 11 is 0. The second-order valence-electron chi connectivity index (χ2n) is 6.68. The summed E-state index contributed by atoms with van der Waals surface area (Å²) in [6.45, 7) is 18.8. The van der Waals surface area contributed by atoms with Gasteiger partial charge in [0.1, 0.15) is 0 Å². The number of piperidine rings is 1. The first-order chi connectivity index (χ1) is 9.58. The van der Waals surface area contributed by atoms with Crippen molar-refractivity contribution in [3.63, 3.8) is 0 Å². The lowest BCUT2D eigenvalue weighted by Gasteiger charge is -2.38. The second kappa shape index (κ2) is 9.75. The fourth-order valence-corrected chi connectivity index (χ4v) is 3.13. The third kappa shape index (κ3) is 6.11. The van der Waals surface area contributed by atoms with Crippen LogP contribution in [0.4, 0.5) is 0 Å². The maximum absolute atomic E-state index is 3.47. The van der Waals surface area contributed by atoms with Crippen molar-refractivity contribution in [2.75, 3.05) is 39.3 Å². The van der Waals surface area contributed by atoms with E-state index in [4.69, 9.17) is 0 Å². The summed E-state index contributed by atoms with van der Waals surface area (Å²) in [5.74, 6) is 0.903. The Bertz CT molecular complexity index is 234. The highest BCUT2D eigenvalue weighted by molar-refractivity contribution is 4.78. The standard InChI is InChI=1S/C17H37N3/c1-6-16(5)20(13-10-18-7-2)14-17-8-11-19(12-9-17)15(3)4/h15-18H,6-14H2,1-5H3. The molecule has 0 aromatic rings. The summed E-state index contributed by atoms with van der Waals surface area (Å²) in [4.78, 5) is 5.33. The van der Waals surface area contributed by atoms with E-state index < -0.39 is 0 Å². The number of hydrogen-bond acceptors (Lipinski definition) is 3. The molecule has 1 saturated heterocycles. The van der Waals surface area contributed by atoms with E-state index in [0.717, 1.165) is 31.1 Å². The Morgan fingerprint density at radius 2 is 1.80 bits per heavy atom. The van der Waals surface area contributed by atoms with Gasteiger partial charge < -0.3 is 10.2 Å². The van der Waals surface area contributed by atoms with Crippen LogP contribution in [0.1, 0.15) is 53.9 Å². The van der Waals surface area contributed by atoms with Crippen LogP contribution in [0, 0.1) is 5.92 Å². The van der Waals surface area contributed by atoms with Crippen molar-refractivity contribution in [3.05, 3.63) is 0 Å². The van der Waals surface area contributed by atoms with Crippen LogP contribution in [0.25, 0.3) is 0 Å². The predicted molar refractivity (Wildman–Crippen MR) is 89.3 cm³/mol. The SMILES string of the molecule is CCNCCN(CC1CCN(C(C)C)CC1)C(C)CC. The monoisotopic (exact) mass is 283 g/mol. The van der Waals surface area contributed by atoms with Crippen LogP contribution in [0.2, 0.25) is 0 Å². The molecule has 1 N–H and O–H groups in total. The largest absolute Gasteiger partial charge is 0.316 e. The molecule has 20 heavy (non-hydrogen) atoms. The summed E-state index contributed by atoms with van der Waals surface area (Å²) in [6.07, 6.45) is 4.02. The topological polar surface area (TPSA) is 18.5 Å². The van der Waals surface area contributed by atoms with Gasteiger partial charge in [0.25, 0.3) is 0 Å². The molecule has 0 radical (unpaired) electrons. The van der Waals surface area contributed by atoms with Gasteiger partial charge in [-0.1, -0.05) is 13.8 Å². The van der Waals surface area contributed by atoms with Crippen LogP contribution in [0.5, 0.6) is 0 Å². The summed E-state index contributed by atoms with van der Waals surface area (Å²) in [5, 5.41) is 3.47. The van der Waals surface area contributed by atoms with Crippen molar-refractivity contribution >= 4 is 0 Å². The Balaban J connectivity index is 2.37. The van der Waals surface area contributed by atoms with Crippen molar-refractivity contribution in [3.8, 4) is 0 Å². The Hall–Kier alpha value is -0.120. The average molecular weight is 284 g/mol. The Morgan fingerprint density at radius 3 is 2.30 bits per heavy atom. The maximum atomic E-state index is 3.47. The van der Waals surface area contributed by atoms with Gasteiger partial charge >= 0.3 is 0 Å². The Labute approximate surface area is 127 Å². The molecular weight excluding hydrogens is 246 g/mol. The summed E-state index contributed by atoms with van der Waals surface area (Å²) in [6, 6.07) is 1.44. The molecule has 1 atom stereocenters. The first-order valence-electron chi connectivity index (χ1n) is 8.77. The summed E-state index contributed by atoms with van der Waals surface area (Å²) in [7, 11) is 0. The number of rotatable bonds is 9. The minimum absolute atomic E-state index is 0.718. The van der Waals surface area contributed by atoms with Gasteiger partial charge in [0.05, 0.1) is 0 Å². The first kappa shape index (κ1) is 17.9. The minimum Gasteiger partial charge on any atom is -0.316 e. The van der Waals surface area contributed by atoms with E-state index in [2.05, 4.69) is 49.7 Å². The van der Waals surface area contributed by atoms with Gasteiger partial charge in [0.2, 0.25) is 0 Å². The lowest BCUT2D eigenvalue weighted by atomic mass is 9.94. The van der Waals surface area contributed by atoms with Crippen molar-refractivity contribution in [2.24, 2.45) is 5.92 Å². The van der Waals surface area contributed by atoms with Crippen molar-refractivity contribution in [2.45, 2.75) is 66.0 Å². The zero-order chi connectivity index (χ0) is 15.0. The molecule has 1 heterocycles. The van der Waals surface area contributed by atoms with Gasteiger partial charge in [-0.05, 0) is 65.6 Å². The van der Waals surface area contributed by atoms with Crippen LogP contribution >= 0.6 is 0 Å². The molecule has 3 nitrogen and oxygen atoms in total. The van der Waals surface area contributed by atoms with Crippen molar-refractivity contribution < 1.29 is 0 Å². The number of likely N-dealkylation sites (tertiary alicyclic amines) is 1. The van der Waals surface area contributed by atoms with Crippen LogP contribution in [0.15, 0.2) is 0 Å². The fraction of sp³-hybridized carbons (Fsp3) is 1.00. The van der Waals surface area contributed by atoms with Crippen molar-refractivity contribution in [1.82, 2.24) is 15.1 Å². The van der Waals surface area contributed by atoms with Crippen LogP contribution in [-0.2, 0) is 0 Å². The normalized spacial score (nSPS) is 19.9. The van der Waals surface area contributed by atoms with E-state index in [-0.39, 0.29) is 0 Å². The van der Waals surface area contributed by atoms with Crippen molar-refractivity contribution in [1.29, 1.82) is 0 Å². The average Bonchev–Trinajstić information content (AvgIpc) is 2.46. The maximum Gasteiger partial charge on any atom is 0.0110 e. The molecule has 1 aliphatic heterocycles. The smallest absolute Gasteiger partial charge is 0.0110 e. The summed E-state index contributed by atoms with van der Waals surface area (Å²) in [5.41, 5.74) is 0. The number of nitrogens with one attached hydrogen (secondary N) is 1. The molecule has 0 bridgehead atoms. The van der Waals surface area contributed by atoms with Crippen LogP contribution in [0.3, 0.4) is 0 Å². The second-order valence-corrected chi connectivity index (χ2v) is 6.68. The number of nitrogens with zero attached hydrogens (tertiary/aromatic N) is 2. The highest BCUT2D eigenvalue weighted by atomic mass is 15.2. The highest BCUT2D eigenvalue weighted by Crippen LogP contribution is 2.21. The Kier molecular flexibility index (Phi) is 8.74. The zero-order valence-corrected chi connectivity index (χ0v) is 14.5. The molecule has 0 spiro atoms.